The average Bonchev–Trinajstić information content (AvgIpc) is 3.46. The first-order chi connectivity index (χ1) is 17.6. The molecular formula is C26H23FN8O. The van der Waals surface area contributed by atoms with Gasteiger partial charge in [0, 0.05) is 40.4 Å². The van der Waals surface area contributed by atoms with Crippen molar-refractivity contribution in [1.82, 2.24) is 34.9 Å². The number of H-pyrrole nitrogens is 1. The van der Waals surface area contributed by atoms with E-state index in [0.717, 1.165) is 43.8 Å². The predicted molar refractivity (Wildman–Crippen MR) is 132 cm³/mol. The molecule has 180 valence electrons. The highest BCUT2D eigenvalue weighted by Gasteiger charge is 2.28. The average molecular weight is 483 g/mol. The van der Waals surface area contributed by atoms with Crippen molar-refractivity contribution in [2.75, 3.05) is 5.32 Å². The number of para-hydroxylation sites is 1. The minimum absolute atomic E-state index is 0.0984. The van der Waals surface area contributed by atoms with E-state index in [1.54, 1.807) is 4.52 Å². The minimum Gasteiger partial charge on any atom is -0.358 e. The van der Waals surface area contributed by atoms with Crippen molar-refractivity contribution in [2.24, 2.45) is 0 Å². The Kier molecular flexibility index (Phi) is 4.73. The summed E-state index contributed by atoms with van der Waals surface area (Å²) < 4.78 is 15.5. The van der Waals surface area contributed by atoms with Crippen molar-refractivity contribution < 1.29 is 9.18 Å². The van der Waals surface area contributed by atoms with E-state index in [4.69, 9.17) is 4.98 Å². The van der Waals surface area contributed by atoms with Crippen LogP contribution in [0.1, 0.15) is 40.9 Å². The molecule has 5 aromatic rings. The topological polar surface area (TPSA) is 113 Å². The molecular weight excluding hydrogens is 459 g/mol. The number of rotatable bonds is 5. The van der Waals surface area contributed by atoms with Crippen LogP contribution in [0.4, 0.5) is 10.3 Å². The molecule has 0 radical (unpaired) electrons. The van der Waals surface area contributed by atoms with Crippen LogP contribution in [-0.4, -0.2) is 47.5 Å². The summed E-state index contributed by atoms with van der Waals surface area (Å²) in [6, 6.07) is 9.97. The maximum absolute atomic E-state index is 14.0. The zero-order chi connectivity index (χ0) is 24.2. The Morgan fingerprint density at radius 2 is 1.97 bits per heavy atom. The van der Waals surface area contributed by atoms with Gasteiger partial charge >= 0.3 is 0 Å². The van der Waals surface area contributed by atoms with Gasteiger partial charge in [-0.3, -0.25) is 9.78 Å². The molecule has 3 N–H and O–H groups in total. The number of carbonyl (C=O) groups is 1. The summed E-state index contributed by atoms with van der Waals surface area (Å²) in [6.45, 7) is 0. The maximum Gasteiger partial charge on any atom is 0.256 e. The molecule has 1 saturated carbocycles. The number of aromatic nitrogens is 6. The number of hydrogen-bond acceptors (Lipinski definition) is 6. The molecule has 0 saturated heterocycles. The number of pyridine rings is 1. The first kappa shape index (κ1) is 21.0. The fourth-order valence-corrected chi connectivity index (χ4v) is 4.96. The number of hydrogen-bond donors (Lipinski definition) is 3. The van der Waals surface area contributed by atoms with Crippen LogP contribution in [0.5, 0.6) is 0 Å². The molecule has 4 heterocycles. The van der Waals surface area contributed by atoms with Crippen LogP contribution in [0.3, 0.4) is 0 Å². The van der Waals surface area contributed by atoms with Crippen molar-refractivity contribution in [3.05, 3.63) is 71.6 Å². The molecule has 0 unspecified atom stereocenters. The first-order valence-electron chi connectivity index (χ1n) is 12.1. The number of anilines is 1. The number of aryl methyl sites for hydroxylation is 1. The van der Waals surface area contributed by atoms with Gasteiger partial charge in [-0.25, -0.2) is 9.37 Å². The molecule has 36 heavy (non-hydrogen) atoms. The molecule has 0 spiro atoms. The first-order valence-corrected chi connectivity index (χ1v) is 12.1. The molecule has 4 aromatic heterocycles. The second kappa shape index (κ2) is 8.11. The van der Waals surface area contributed by atoms with Crippen molar-refractivity contribution in [3.63, 3.8) is 0 Å². The van der Waals surface area contributed by atoms with Gasteiger partial charge in [-0.15, -0.1) is 0 Å². The molecule has 1 amide bonds. The van der Waals surface area contributed by atoms with Crippen LogP contribution in [0, 0.1) is 5.82 Å². The van der Waals surface area contributed by atoms with Gasteiger partial charge in [-0.1, -0.05) is 18.2 Å². The molecule has 0 aliphatic heterocycles. The van der Waals surface area contributed by atoms with E-state index in [-0.39, 0.29) is 23.8 Å². The van der Waals surface area contributed by atoms with Gasteiger partial charge in [0.2, 0.25) is 5.95 Å². The molecule has 10 heteroatoms. The van der Waals surface area contributed by atoms with Crippen LogP contribution in [0.2, 0.25) is 0 Å². The summed E-state index contributed by atoms with van der Waals surface area (Å²) in [7, 11) is 0. The van der Waals surface area contributed by atoms with Crippen LogP contribution in [-0.2, 0) is 12.8 Å². The second-order valence-electron chi connectivity index (χ2n) is 9.52. The Bertz CT molecular complexity index is 1640. The third-order valence-electron chi connectivity index (χ3n) is 6.92. The number of amides is 1. The Morgan fingerprint density at radius 3 is 2.83 bits per heavy atom. The SMILES string of the molecule is O=C(NC1CC1)c1cnn2c(N[C@@H]3CCc4[nH]c5ccccc5c4C3)nc(-c3cncc(F)c3)nc12. The van der Waals surface area contributed by atoms with Crippen molar-refractivity contribution >= 4 is 28.4 Å². The summed E-state index contributed by atoms with van der Waals surface area (Å²) >= 11 is 0. The summed E-state index contributed by atoms with van der Waals surface area (Å²) in [6.07, 6.45) is 8.74. The number of carbonyl (C=O) groups excluding carboxylic acids is 1. The van der Waals surface area contributed by atoms with E-state index in [0.29, 0.717) is 22.7 Å². The van der Waals surface area contributed by atoms with E-state index < -0.39 is 5.82 Å². The predicted octanol–water partition coefficient (Wildman–Crippen LogP) is 3.67. The highest BCUT2D eigenvalue weighted by atomic mass is 19.1. The number of fused-ring (bicyclic) bond motifs is 4. The largest absolute Gasteiger partial charge is 0.358 e. The molecule has 7 rings (SSSR count). The monoisotopic (exact) mass is 482 g/mol. The normalized spacial score (nSPS) is 17.3. The Morgan fingerprint density at radius 1 is 1.08 bits per heavy atom. The smallest absolute Gasteiger partial charge is 0.256 e. The number of aromatic amines is 1. The summed E-state index contributed by atoms with van der Waals surface area (Å²) in [5.74, 6) is 0.0333. The quantitative estimate of drug-likeness (QED) is 0.352. The zero-order valence-corrected chi connectivity index (χ0v) is 19.3. The van der Waals surface area contributed by atoms with Gasteiger partial charge in [-0.2, -0.15) is 14.6 Å². The van der Waals surface area contributed by atoms with Crippen molar-refractivity contribution in [3.8, 4) is 11.4 Å². The molecule has 9 nitrogen and oxygen atoms in total. The summed E-state index contributed by atoms with van der Waals surface area (Å²) in [5.41, 5.74) is 4.88. The van der Waals surface area contributed by atoms with E-state index >= 15 is 0 Å². The Labute approximate surface area is 205 Å². The molecule has 2 aliphatic rings. The number of nitrogens with one attached hydrogen (secondary N) is 3. The number of halogens is 1. The third kappa shape index (κ3) is 3.65. The van der Waals surface area contributed by atoms with Gasteiger partial charge in [0.05, 0.1) is 12.4 Å². The third-order valence-corrected chi connectivity index (χ3v) is 6.92. The fraction of sp³-hybridized carbons (Fsp3) is 0.269. The zero-order valence-electron chi connectivity index (χ0n) is 19.3. The lowest BCUT2D eigenvalue weighted by atomic mass is 9.91. The van der Waals surface area contributed by atoms with Crippen LogP contribution in [0.15, 0.2) is 48.9 Å². The van der Waals surface area contributed by atoms with Crippen LogP contribution >= 0.6 is 0 Å². The summed E-state index contributed by atoms with van der Waals surface area (Å²) in [4.78, 5) is 29.7. The van der Waals surface area contributed by atoms with E-state index in [1.807, 2.05) is 6.07 Å². The number of benzene rings is 1. The maximum atomic E-state index is 14.0. The van der Waals surface area contributed by atoms with Gasteiger partial charge in [0.15, 0.2) is 11.5 Å². The van der Waals surface area contributed by atoms with Crippen LogP contribution in [0.25, 0.3) is 27.9 Å². The van der Waals surface area contributed by atoms with Gasteiger partial charge in [0.1, 0.15) is 11.4 Å². The van der Waals surface area contributed by atoms with Gasteiger partial charge in [0.25, 0.3) is 5.91 Å². The molecule has 2 aliphatic carbocycles. The van der Waals surface area contributed by atoms with Gasteiger partial charge < -0.3 is 15.6 Å². The minimum atomic E-state index is -0.482. The molecule has 0 bridgehead atoms. The summed E-state index contributed by atoms with van der Waals surface area (Å²) in [5, 5.41) is 12.2. The Balaban J connectivity index is 1.28. The van der Waals surface area contributed by atoms with Crippen molar-refractivity contribution in [1.29, 1.82) is 0 Å². The van der Waals surface area contributed by atoms with Crippen LogP contribution < -0.4 is 10.6 Å². The number of nitrogens with zero attached hydrogens (tertiary/aromatic N) is 5. The van der Waals surface area contributed by atoms with Gasteiger partial charge in [-0.05, 0) is 49.8 Å². The lowest BCUT2D eigenvalue weighted by Gasteiger charge is -2.24. The lowest BCUT2D eigenvalue weighted by molar-refractivity contribution is 0.0952. The second-order valence-corrected chi connectivity index (χ2v) is 9.52. The molecule has 1 atom stereocenters. The lowest BCUT2D eigenvalue weighted by Crippen LogP contribution is -2.29. The van der Waals surface area contributed by atoms with E-state index in [9.17, 15) is 9.18 Å². The highest BCUT2D eigenvalue weighted by Crippen LogP contribution is 2.31. The highest BCUT2D eigenvalue weighted by molar-refractivity contribution is 6.00. The van der Waals surface area contributed by atoms with Crippen molar-refractivity contribution in [2.45, 2.75) is 44.2 Å². The molecule has 1 aromatic carbocycles. The van der Waals surface area contributed by atoms with E-state index in [2.05, 4.69) is 48.9 Å². The Hall–Kier alpha value is -4.34. The van der Waals surface area contributed by atoms with E-state index in [1.165, 1.54) is 35.1 Å². The fourth-order valence-electron chi connectivity index (χ4n) is 4.96. The standard InChI is InChI=1S/C26H23FN8O/c27-15-9-14(11-28-12-15)23-33-24-20(25(36)30-16-5-6-16)13-29-35(24)26(34-23)31-17-7-8-22-19(10-17)18-3-1-2-4-21(18)32-22/h1-4,9,11-13,16-17,32H,5-8,10H2,(H,30,36)(H,31,33,34)/t17-/m1/s1. The molecule has 1 fully saturated rings.